The molecular weight excluding hydrogens is 419 g/mol. The summed E-state index contributed by atoms with van der Waals surface area (Å²) in [6.07, 6.45) is 0. The van der Waals surface area contributed by atoms with E-state index in [1.807, 2.05) is 18.2 Å². The highest BCUT2D eigenvalue weighted by atomic mass is 79.9. The van der Waals surface area contributed by atoms with Crippen molar-refractivity contribution in [3.05, 3.63) is 56.0 Å². The van der Waals surface area contributed by atoms with E-state index in [4.69, 9.17) is 21.1 Å². The fourth-order valence-corrected chi connectivity index (χ4v) is 3.98. The molecule has 0 fully saturated rings. The minimum Gasteiger partial charge on any atom is -0.486 e. The van der Waals surface area contributed by atoms with Gasteiger partial charge in [0.05, 0.1) is 5.38 Å². The Morgan fingerprint density at radius 3 is 2.33 bits per heavy atom. The van der Waals surface area contributed by atoms with E-state index in [1.165, 1.54) is 5.56 Å². The summed E-state index contributed by atoms with van der Waals surface area (Å²) < 4.78 is 13.2. The lowest BCUT2D eigenvalue weighted by Gasteiger charge is -2.21. The number of hydrogen-bond donors (Lipinski definition) is 0. The summed E-state index contributed by atoms with van der Waals surface area (Å²) in [5, 5.41) is -0.258. The van der Waals surface area contributed by atoms with Crippen LogP contribution in [-0.4, -0.2) is 13.2 Å². The highest BCUT2D eigenvalue weighted by Crippen LogP contribution is 2.42. The van der Waals surface area contributed by atoms with Gasteiger partial charge >= 0.3 is 0 Å². The maximum Gasteiger partial charge on any atom is 0.162 e. The van der Waals surface area contributed by atoms with Crippen molar-refractivity contribution in [3.63, 3.8) is 0 Å². The molecule has 0 saturated heterocycles. The van der Waals surface area contributed by atoms with Crippen LogP contribution in [0.15, 0.2) is 39.3 Å². The van der Waals surface area contributed by atoms with Gasteiger partial charge in [-0.15, -0.1) is 11.6 Å². The summed E-state index contributed by atoms with van der Waals surface area (Å²) in [5.41, 5.74) is 3.18. The smallest absolute Gasteiger partial charge is 0.162 e. The first-order valence-corrected chi connectivity index (χ1v) is 8.57. The fraction of sp³-hybridized carbons (Fsp3) is 0.250. The number of benzene rings is 2. The van der Waals surface area contributed by atoms with Crippen molar-refractivity contribution in [1.82, 2.24) is 0 Å². The number of ether oxygens (including phenoxy) is 2. The van der Waals surface area contributed by atoms with Crippen molar-refractivity contribution in [2.75, 3.05) is 13.2 Å². The highest BCUT2D eigenvalue weighted by molar-refractivity contribution is 9.10. The van der Waals surface area contributed by atoms with E-state index in [9.17, 15) is 0 Å². The third-order valence-electron chi connectivity index (χ3n) is 3.29. The summed E-state index contributed by atoms with van der Waals surface area (Å²) >= 11 is 13.8. The third-order valence-corrected chi connectivity index (χ3v) is 4.92. The fourth-order valence-electron chi connectivity index (χ4n) is 2.36. The van der Waals surface area contributed by atoms with Gasteiger partial charge in [0, 0.05) is 8.95 Å². The van der Waals surface area contributed by atoms with Crippen molar-refractivity contribution in [2.24, 2.45) is 0 Å². The van der Waals surface area contributed by atoms with Gasteiger partial charge in [0.2, 0.25) is 0 Å². The maximum absolute atomic E-state index is 6.68. The SMILES string of the molecule is Cc1cc(Br)cc(C(Cl)c2cc3c(cc2Br)OCCO3)c1. The van der Waals surface area contributed by atoms with Gasteiger partial charge in [-0.1, -0.05) is 37.9 Å². The van der Waals surface area contributed by atoms with E-state index in [0.717, 1.165) is 31.6 Å². The molecule has 1 atom stereocenters. The van der Waals surface area contributed by atoms with Crippen LogP contribution in [0.4, 0.5) is 0 Å². The van der Waals surface area contributed by atoms with Crippen LogP contribution < -0.4 is 9.47 Å². The second-order valence-corrected chi connectivity index (χ2v) is 7.15. The van der Waals surface area contributed by atoms with Crippen LogP contribution in [0.1, 0.15) is 22.1 Å². The highest BCUT2D eigenvalue weighted by Gasteiger charge is 2.20. The predicted octanol–water partition coefficient (Wildman–Crippen LogP) is 5.62. The van der Waals surface area contributed by atoms with Crippen LogP contribution >= 0.6 is 43.5 Å². The van der Waals surface area contributed by atoms with Gasteiger partial charge in [0.15, 0.2) is 11.5 Å². The lowest BCUT2D eigenvalue weighted by atomic mass is 10.0. The number of fused-ring (bicyclic) bond motifs is 1. The average Bonchev–Trinajstić information content (AvgIpc) is 2.44. The number of aryl methyl sites for hydroxylation is 1. The van der Waals surface area contributed by atoms with E-state index < -0.39 is 0 Å². The summed E-state index contributed by atoms with van der Waals surface area (Å²) in [6, 6.07) is 10.1. The van der Waals surface area contributed by atoms with Crippen LogP contribution in [0.3, 0.4) is 0 Å². The zero-order valence-electron chi connectivity index (χ0n) is 11.3. The second-order valence-electron chi connectivity index (χ2n) is 4.94. The Hall–Kier alpha value is -0.710. The quantitative estimate of drug-likeness (QED) is 0.574. The van der Waals surface area contributed by atoms with E-state index >= 15 is 0 Å². The molecular formula is C16H13Br2ClO2. The van der Waals surface area contributed by atoms with Crippen LogP contribution in [0.2, 0.25) is 0 Å². The topological polar surface area (TPSA) is 18.5 Å². The van der Waals surface area contributed by atoms with Crippen LogP contribution in [-0.2, 0) is 0 Å². The number of hydrogen-bond acceptors (Lipinski definition) is 2. The summed E-state index contributed by atoms with van der Waals surface area (Å²) in [6.45, 7) is 3.20. The van der Waals surface area contributed by atoms with Gasteiger partial charge in [-0.3, -0.25) is 0 Å². The number of alkyl halides is 1. The van der Waals surface area contributed by atoms with Crippen molar-refractivity contribution < 1.29 is 9.47 Å². The number of halogens is 3. The van der Waals surface area contributed by atoms with Crippen LogP contribution in [0.5, 0.6) is 11.5 Å². The first-order valence-electron chi connectivity index (χ1n) is 6.55. The normalized spacial score (nSPS) is 14.9. The molecule has 3 rings (SSSR count). The van der Waals surface area contributed by atoms with Crippen molar-refractivity contribution in [3.8, 4) is 11.5 Å². The van der Waals surface area contributed by atoms with E-state index in [2.05, 4.69) is 50.9 Å². The Balaban J connectivity index is 2.02. The molecule has 1 aliphatic heterocycles. The summed E-state index contributed by atoms with van der Waals surface area (Å²) in [7, 11) is 0. The van der Waals surface area contributed by atoms with Crippen molar-refractivity contribution in [1.29, 1.82) is 0 Å². The molecule has 0 radical (unpaired) electrons. The lowest BCUT2D eigenvalue weighted by molar-refractivity contribution is 0.171. The molecule has 0 amide bonds. The maximum atomic E-state index is 6.68. The first kappa shape index (κ1) is 15.2. The Kier molecular flexibility index (Phi) is 4.48. The second kappa shape index (κ2) is 6.19. The van der Waals surface area contributed by atoms with Crippen molar-refractivity contribution >= 4 is 43.5 Å². The van der Waals surface area contributed by atoms with Gasteiger partial charge in [0.25, 0.3) is 0 Å². The molecule has 0 saturated carbocycles. The monoisotopic (exact) mass is 430 g/mol. The molecule has 5 heteroatoms. The van der Waals surface area contributed by atoms with Gasteiger partial charge in [-0.05, 0) is 47.9 Å². The average molecular weight is 433 g/mol. The molecule has 2 aromatic carbocycles. The molecule has 1 heterocycles. The molecule has 0 aromatic heterocycles. The minimum absolute atomic E-state index is 0.258. The third kappa shape index (κ3) is 3.22. The van der Waals surface area contributed by atoms with E-state index in [1.54, 1.807) is 0 Å². The van der Waals surface area contributed by atoms with Gasteiger partial charge < -0.3 is 9.47 Å². The molecule has 2 aromatic rings. The van der Waals surface area contributed by atoms with Gasteiger partial charge in [-0.2, -0.15) is 0 Å². The summed E-state index contributed by atoms with van der Waals surface area (Å²) in [4.78, 5) is 0. The molecule has 2 nitrogen and oxygen atoms in total. The molecule has 0 aliphatic carbocycles. The molecule has 1 aliphatic rings. The zero-order chi connectivity index (χ0) is 15.0. The lowest BCUT2D eigenvalue weighted by Crippen LogP contribution is -2.15. The first-order chi connectivity index (χ1) is 10.0. The van der Waals surface area contributed by atoms with Crippen molar-refractivity contribution in [2.45, 2.75) is 12.3 Å². The largest absolute Gasteiger partial charge is 0.486 e. The summed E-state index contributed by atoms with van der Waals surface area (Å²) in [5.74, 6) is 1.50. The Bertz CT molecular complexity index is 668. The standard InChI is InChI=1S/C16H13Br2ClO2/c1-9-4-10(6-11(17)5-9)16(19)12-7-14-15(8-13(12)18)21-3-2-20-14/h4-8,16H,2-3H2,1H3. The predicted molar refractivity (Wildman–Crippen MR) is 91.7 cm³/mol. The molecule has 110 valence electrons. The van der Waals surface area contributed by atoms with Gasteiger partial charge in [0.1, 0.15) is 13.2 Å². The molecule has 0 bridgehead atoms. The Labute approximate surface area is 145 Å². The zero-order valence-corrected chi connectivity index (χ0v) is 15.3. The Morgan fingerprint density at radius 1 is 1.00 bits per heavy atom. The Morgan fingerprint density at radius 2 is 1.67 bits per heavy atom. The van der Waals surface area contributed by atoms with E-state index in [-0.39, 0.29) is 5.38 Å². The minimum atomic E-state index is -0.258. The molecule has 21 heavy (non-hydrogen) atoms. The van der Waals surface area contributed by atoms with E-state index in [0.29, 0.717) is 13.2 Å². The van der Waals surface area contributed by atoms with Crippen LogP contribution in [0.25, 0.3) is 0 Å². The molecule has 1 unspecified atom stereocenters. The molecule has 0 spiro atoms. The number of rotatable bonds is 2. The van der Waals surface area contributed by atoms with Crippen LogP contribution in [0, 0.1) is 6.92 Å². The van der Waals surface area contributed by atoms with Gasteiger partial charge in [-0.25, -0.2) is 0 Å². The molecule has 0 N–H and O–H groups in total.